The average Bonchev–Trinajstić information content (AvgIpc) is 2.20. The molecule has 0 heterocycles. The molecule has 0 aliphatic rings. The molecule has 0 amide bonds. The van der Waals surface area contributed by atoms with Gasteiger partial charge in [-0.1, -0.05) is 5.57 Å². The van der Waals surface area contributed by atoms with Gasteiger partial charge in [-0.25, -0.2) is 4.79 Å². The Morgan fingerprint density at radius 1 is 1.50 bits per heavy atom. The number of rotatable bonds is 4. The monoisotopic (exact) mass is 332 g/mol. The summed E-state index contributed by atoms with van der Waals surface area (Å²) in [6.07, 6.45) is 1.95. The van der Waals surface area contributed by atoms with Gasteiger partial charge >= 0.3 is 5.97 Å². The standard InChI is InChI=1S/C12H13IO3/c1-8(2)5-6-16-11-7-9(12(14)15)3-4-10(11)13/h3-5,7H,6H2,1-2H3,(H,14,15). The molecule has 0 fully saturated rings. The van der Waals surface area contributed by atoms with E-state index in [1.165, 1.54) is 5.57 Å². The van der Waals surface area contributed by atoms with E-state index in [0.717, 1.165) is 3.57 Å². The van der Waals surface area contributed by atoms with E-state index in [4.69, 9.17) is 9.84 Å². The molecule has 1 aromatic rings. The fraction of sp³-hybridized carbons (Fsp3) is 0.250. The van der Waals surface area contributed by atoms with Gasteiger partial charge in [-0.15, -0.1) is 0 Å². The molecule has 4 heteroatoms. The third-order valence-electron chi connectivity index (χ3n) is 1.91. The Bertz CT molecular complexity index is 420. The minimum absolute atomic E-state index is 0.243. The third-order valence-corrected chi connectivity index (χ3v) is 2.80. The maximum absolute atomic E-state index is 10.8. The van der Waals surface area contributed by atoms with Gasteiger partial charge in [-0.05, 0) is 60.7 Å². The summed E-state index contributed by atoms with van der Waals surface area (Å²) in [5.41, 5.74) is 1.41. The van der Waals surface area contributed by atoms with Crippen LogP contribution in [0.2, 0.25) is 0 Å². The van der Waals surface area contributed by atoms with E-state index in [2.05, 4.69) is 22.6 Å². The number of allylic oxidation sites excluding steroid dienone is 1. The maximum Gasteiger partial charge on any atom is 0.335 e. The molecule has 0 radical (unpaired) electrons. The number of carboxylic acid groups (broad SMARTS) is 1. The fourth-order valence-electron chi connectivity index (χ4n) is 1.05. The lowest BCUT2D eigenvalue weighted by molar-refractivity contribution is 0.0696. The molecule has 0 aliphatic carbocycles. The van der Waals surface area contributed by atoms with E-state index < -0.39 is 5.97 Å². The molecular weight excluding hydrogens is 319 g/mol. The lowest BCUT2D eigenvalue weighted by atomic mass is 10.2. The van der Waals surface area contributed by atoms with E-state index in [1.807, 2.05) is 19.9 Å². The molecule has 0 aromatic heterocycles. The molecule has 0 aliphatic heterocycles. The Hall–Kier alpha value is -1.04. The van der Waals surface area contributed by atoms with Gasteiger partial charge in [0, 0.05) is 0 Å². The first kappa shape index (κ1) is 13.0. The summed E-state index contributed by atoms with van der Waals surface area (Å²) in [7, 11) is 0. The molecule has 0 atom stereocenters. The Kier molecular flexibility index (Phi) is 4.79. The zero-order valence-electron chi connectivity index (χ0n) is 9.16. The fourth-order valence-corrected chi connectivity index (χ4v) is 1.54. The Labute approximate surface area is 108 Å². The minimum Gasteiger partial charge on any atom is -0.488 e. The molecule has 1 rings (SSSR count). The lowest BCUT2D eigenvalue weighted by Gasteiger charge is -2.07. The van der Waals surface area contributed by atoms with Crippen LogP contribution in [0.5, 0.6) is 5.75 Å². The summed E-state index contributed by atoms with van der Waals surface area (Å²) in [5.74, 6) is -0.332. The number of hydrogen-bond donors (Lipinski definition) is 1. The van der Waals surface area contributed by atoms with Gasteiger partial charge in [0.15, 0.2) is 0 Å². The van der Waals surface area contributed by atoms with E-state index in [0.29, 0.717) is 12.4 Å². The lowest BCUT2D eigenvalue weighted by Crippen LogP contribution is -2.00. The van der Waals surface area contributed by atoms with Crippen molar-refractivity contribution in [3.05, 3.63) is 39.0 Å². The van der Waals surface area contributed by atoms with Gasteiger partial charge in [0.05, 0.1) is 9.13 Å². The van der Waals surface area contributed by atoms with Crippen molar-refractivity contribution in [1.82, 2.24) is 0 Å². The zero-order valence-corrected chi connectivity index (χ0v) is 11.3. The second-order valence-corrected chi connectivity index (χ2v) is 4.71. The van der Waals surface area contributed by atoms with Gasteiger partial charge in [0.2, 0.25) is 0 Å². The molecule has 1 aromatic carbocycles. The summed E-state index contributed by atoms with van der Waals surface area (Å²) in [6, 6.07) is 4.85. The SMILES string of the molecule is CC(C)=CCOc1cc(C(=O)O)ccc1I. The topological polar surface area (TPSA) is 46.5 Å². The summed E-state index contributed by atoms with van der Waals surface area (Å²) in [4.78, 5) is 10.8. The van der Waals surface area contributed by atoms with Crippen LogP contribution in [0.3, 0.4) is 0 Å². The van der Waals surface area contributed by atoms with Crippen LogP contribution in [-0.2, 0) is 0 Å². The maximum atomic E-state index is 10.8. The van der Waals surface area contributed by atoms with E-state index in [-0.39, 0.29) is 5.56 Å². The van der Waals surface area contributed by atoms with Crippen LogP contribution in [0.25, 0.3) is 0 Å². The second-order valence-electron chi connectivity index (χ2n) is 3.54. The van der Waals surface area contributed by atoms with Crippen molar-refractivity contribution in [2.24, 2.45) is 0 Å². The quantitative estimate of drug-likeness (QED) is 0.680. The number of benzene rings is 1. The van der Waals surface area contributed by atoms with Gasteiger partial charge < -0.3 is 9.84 Å². The van der Waals surface area contributed by atoms with Crippen LogP contribution in [-0.4, -0.2) is 17.7 Å². The normalized spacial score (nSPS) is 9.69. The van der Waals surface area contributed by atoms with Crippen LogP contribution in [0.1, 0.15) is 24.2 Å². The molecule has 3 nitrogen and oxygen atoms in total. The van der Waals surface area contributed by atoms with Crippen LogP contribution in [0.15, 0.2) is 29.8 Å². The van der Waals surface area contributed by atoms with Crippen molar-refractivity contribution in [1.29, 1.82) is 0 Å². The Morgan fingerprint density at radius 2 is 2.19 bits per heavy atom. The molecule has 0 saturated heterocycles. The van der Waals surface area contributed by atoms with Crippen LogP contribution in [0, 0.1) is 3.57 Å². The van der Waals surface area contributed by atoms with Crippen molar-refractivity contribution >= 4 is 28.6 Å². The van der Waals surface area contributed by atoms with Gasteiger partial charge in [-0.2, -0.15) is 0 Å². The molecule has 1 N–H and O–H groups in total. The van der Waals surface area contributed by atoms with E-state index in [9.17, 15) is 4.79 Å². The number of aromatic carboxylic acids is 1. The summed E-state index contributed by atoms with van der Waals surface area (Å²) < 4.78 is 6.40. The number of carbonyl (C=O) groups is 1. The summed E-state index contributed by atoms with van der Waals surface area (Å²) in [5, 5.41) is 8.84. The highest BCUT2D eigenvalue weighted by atomic mass is 127. The number of halogens is 1. The molecule has 0 unspecified atom stereocenters. The predicted molar refractivity (Wildman–Crippen MR) is 71.0 cm³/mol. The van der Waals surface area contributed by atoms with Crippen molar-refractivity contribution in [2.75, 3.05) is 6.61 Å². The second kappa shape index (κ2) is 5.89. The van der Waals surface area contributed by atoms with Gasteiger partial charge in [0.1, 0.15) is 12.4 Å². The number of carboxylic acids is 1. The number of ether oxygens (including phenoxy) is 1. The highest BCUT2D eigenvalue weighted by molar-refractivity contribution is 14.1. The van der Waals surface area contributed by atoms with Gasteiger partial charge in [-0.3, -0.25) is 0 Å². The molecule has 0 bridgehead atoms. The van der Waals surface area contributed by atoms with Crippen LogP contribution < -0.4 is 4.74 Å². The van der Waals surface area contributed by atoms with Crippen molar-refractivity contribution < 1.29 is 14.6 Å². The summed E-state index contributed by atoms with van der Waals surface area (Å²) in [6.45, 7) is 4.44. The van der Waals surface area contributed by atoms with E-state index in [1.54, 1.807) is 18.2 Å². The van der Waals surface area contributed by atoms with Gasteiger partial charge in [0.25, 0.3) is 0 Å². The van der Waals surface area contributed by atoms with Crippen LogP contribution in [0.4, 0.5) is 0 Å². The first-order valence-corrected chi connectivity index (χ1v) is 5.87. The first-order valence-electron chi connectivity index (χ1n) is 4.79. The average molecular weight is 332 g/mol. The molecule has 0 spiro atoms. The molecular formula is C12H13IO3. The van der Waals surface area contributed by atoms with Crippen LogP contribution >= 0.6 is 22.6 Å². The molecule has 16 heavy (non-hydrogen) atoms. The van der Waals surface area contributed by atoms with Crippen molar-refractivity contribution in [3.8, 4) is 5.75 Å². The third kappa shape index (κ3) is 3.84. The highest BCUT2D eigenvalue weighted by Crippen LogP contribution is 2.22. The largest absolute Gasteiger partial charge is 0.488 e. The van der Waals surface area contributed by atoms with Crippen molar-refractivity contribution in [2.45, 2.75) is 13.8 Å². The van der Waals surface area contributed by atoms with Crippen molar-refractivity contribution in [3.63, 3.8) is 0 Å². The zero-order chi connectivity index (χ0) is 12.1. The predicted octanol–water partition coefficient (Wildman–Crippen LogP) is 3.33. The highest BCUT2D eigenvalue weighted by Gasteiger charge is 2.07. The molecule has 0 saturated carbocycles. The smallest absolute Gasteiger partial charge is 0.335 e. The van der Waals surface area contributed by atoms with E-state index >= 15 is 0 Å². The number of hydrogen-bond acceptors (Lipinski definition) is 2. The Morgan fingerprint density at radius 3 is 2.75 bits per heavy atom. The molecule has 86 valence electrons. The first-order chi connectivity index (χ1) is 7.50. The minimum atomic E-state index is -0.941. The Balaban J connectivity index is 2.82. The summed E-state index contributed by atoms with van der Waals surface area (Å²) >= 11 is 2.12.